The predicted octanol–water partition coefficient (Wildman–Crippen LogP) is 4.79. The minimum atomic E-state index is -5.20. The molecule has 0 fully saturated rings. The van der Waals surface area contributed by atoms with E-state index in [1.807, 2.05) is 6.07 Å². The van der Waals surface area contributed by atoms with Crippen LogP contribution in [-0.2, 0) is 25.7 Å². The van der Waals surface area contributed by atoms with E-state index in [1.165, 1.54) is 57.4 Å². The number of halogens is 4. The molecule has 0 radical (unpaired) electrons. The zero-order valence-electron chi connectivity index (χ0n) is 24.7. The number of ether oxygens (including phenoxy) is 2. The van der Waals surface area contributed by atoms with Gasteiger partial charge in [0.25, 0.3) is 11.7 Å². The third-order valence-electron chi connectivity index (χ3n) is 6.63. The van der Waals surface area contributed by atoms with E-state index in [4.69, 9.17) is 21.1 Å². The van der Waals surface area contributed by atoms with Crippen molar-refractivity contribution < 1.29 is 41.8 Å². The van der Waals surface area contributed by atoms with Gasteiger partial charge in [-0.25, -0.2) is 0 Å². The molecule has 45 heavy (non-hydrogen) atoms. The summed E-state index contributed by atoms with van der Waals surface area (Å²) in [5.74, 6) is -5.26. The lowest BCUT2D eigenvalue weighted by Crippen LogP contribution is -2.55. The summed E-state index contributed by atoms with van der Waals surface area (Å²) < 4.78 is 50.8. The largest absolute Gasteiger partial charge is 0.497 e. The second kappa shape index (κ2) is 16.1. The van der Waals surface area contributed by atoms with E-state index in [9.17, 15) is 32.3 Å². The molecule has 3 aromatic rings. The fourth-order valence-corrected chi connectivity index (χ4v) is 4.40. The van der Waals surface area contributed by atoms with Crippen LogP contribution in [0.15, 0.2) is 78.9 Å². The highest BCUT2D eigenvalue weighted by atomic mass is 35.5. The summed E-state index contributed by atoms with van der Waals surface area (Å²) in [6.07, 6.45) is -5.20. The van der Waals surface area contributed by atoms with Crippen LogP contribution in [0.25, 0.3) is 0 Å². The molecule has 3 aromatic carbocycles. The SMILES string of the molecule is COc1ccc([C@H](NC(=O)[C@H](COCc2ccccc2)NC(=O)c2cccc(Cl)c2)C(=O)N[C@H](C(=O)C(F)(F)F)C(C)C)cc1. The van der Waals surface area contributed by atoms with Crippen molar-refractivity contribution in [2.75, 3.05) is 13.7 Å². The van der Waals surface area contributed by atoms with Gasteiger partial charge in [0, 0.05) is 10.6 Å². The van der Waals surface area contributed by atoms with E-state index in [1.54, 1.807) is 36.4 Å². The Morgan fingerprint density at radius 3 is 2.09 bits per heavy atom. The van der Waals surface area contributed by atoms with Crippen LogP contribution >= 0.6 is 11.6 Å². The van der Waals surface area contributed by atoms with Crippen molar-refractivity contribution in [3.8, 4) is 5.75 Å². The molecule has 3 rings (SSSR count). The first-order chi connectivity index (χ1) is 21.3. The number of methoxy groups -OCH3 is 1. The molecular weight excluding hydrogens is 615 g/mol. The number of Topliss-reactive ketones (excluding diaryl/α,β-unsaturated/α-hetero) is 1. The maximum Gasteiger partial charge on any atom is 0.452 e. The molecule has 0 saturated carbocycles. The Balaban J connectivity index is 1.90. The number of alkyl halides is 3. The standard InChI is InChI=1S/C32H33ClF3N3O6/c1-19(2)26(28(40)32(34,35)36)38-31(43)27(21-12-14-24(44-3)15-13-21)39-30(42)25(18-45-17-20-8-5-4-6-9-20)37-29(41)22-10-7-11-23(33)16-22/h4-16,19,25-27H,17-18H2,1-3H3,(H,37,41)(H,38,43)(H,39,42)/t25-,26-,27-/m0/s1. The van der Waals surface area contributed by atoms with Gasteiger partial charge in [-0.05, 0) is 47.4 Å². The molecule has 3 atom stereocenters. The van der Waals surface area contributed by atoms with E-state index in [0.29, 0.717) is 5.75 Å². The number of ketones is 1. The van der Waals surface area contributed by atoms with Crippen LogP contribution in [0.4, 0.5) is 13.2 Å². The minimum absolute atomic E-state index is 0.0929. The number of hydrogen-bond acceptors (Lipinski definition) is 6. The number of carbonyl (C=O) groups is 4. The quantitative estimate of drug-likeness (QED) is 0.231. The van der Waals surface area contributed by atoms with Gasteiger partial charge in [0.2, 0.25) is 11.8 Å². The van der Waals surface area contributed by atoms with Crippen LogP contribution in [0.3, 0.4) is 0 Å². The number of hydrogen-bond donors (Lipinski definition) is 3. The summed E-state index contributed by atoms with van der Waals surface area (Å²) in [5, 5.41) is 7.50. The molecule has 0 aromatic heterocycles. The molecule has 0 saturated heterocycles. The third-order valence-corrected chi connectivity index (χ3v) is 6.86. The molecule has 0 unspecified atom stereocenters. The lowest BCUT2D eigenvalue weighted by atomic mass is 9.97. The summed E-state index contributed by atoms with van der Waals surface area (Å²) in [4.78, 5) is 52.3. The van der Waals surface area contributed by atoms with Crippen molar-refractivity contribution in [3.05, 3.63) is 101 Å². The van der Waals surface area contributed by atoms with Crippen LogP contribution in [0.2, 0.25) is 5.02 Å². The second-order valence-electron chi connectivity index (χ2n) is 10.3. The summed E-state index contributed by atoms with van der Waals surface area (Å²) in [6, 6.07) is 16.0. The maximum atomic E-state index is 13.7. The molecule has 13 heteroatoms. The van der Waals surface area contributed by atoms with E-state index >= 15 is 0 Å². The lowest BCUT2D eigenvalue weighted by molar-refractivity contribution is -0.175. The topological polar surface area (TPSA) is 123 Å². The highest BCUT2D eigenvalue weighted by Gasteiger charge is 2.45. The molecule has 3 N–H and O–H groups in total. The summed E-state index contributed by atoms with van der Waals surface area (Å²) >= 11 is 6.01. The van der Waals surface area contributed by atoms with E-state index in [2.05, 4.69) is 16.0 Å². The normalized spacial score (nSPS) is 13.3. The first kappa shape index (κ1) is 35.1. The number of benzene rings is 3. The Bertz CT molecular complexity index is 1470. The van der Waals surface area contributed by atoms with Gasteiger partial charge in [0.15, 0.2) is 0 Å². The first-order valence-electron chi connectivity index (χ1n) is 13.8. The Kier molecular flexibility index (Phi) is 12.5. The monoisotopic (exact) mass is 647 g/mol. The lowest BCUT2D eigenvalue weighted by Gasteiger charge is -2.27. The van der Waals surface area contributed by atoms with Gasteiger partial charge in [-0.3, -0.25) is 19.2 Å². The Labute approximate surface area is 263 Å². The Hall–Kier alpha value is -4.42. The van der Waals surface area contributed by atoms with Gasteiger partial charge in [0.1, 0.15) is 17.8 Å². The number of rotatable bonds is 14. The summed E-state index contributed by atoms with van der Waals surface area (Å²) in [5.41, 5.74) is 1.12. The Morgan fingerprint density at radius 1 is 0.844 bits per heavy atom. The van der Waals surface area contributed by atoms with Crippen molar-refractivity contribution in [1.29, 1.82) is 0 Å². The van der Waals surface area contributed by atoms with E-state index in [0.717, 1.165) is 5.56 Å². The van der Waals surface area contributed by atoms with Crippen LogP contribution in [0.1, 0.15) is 41.4 Å². The zero-order valence-corrected chi connectivity index (χ0v) is 25.4. The van der Waals surface area contributed by atoms with Crippen molar-refractivity contribution in [3.63, 3.8) is 0 Å². The van der Waals surface area contributed by atoms with Gasteiger partial charge < -0.3 is 25.4 Å². The molecule has 240 valence electrons. The number of amides is 3. The molecule has 0 heterocycles. The number of nitrogens with one attached hydrogen (secondary N) is 3. The van der Waals surface area contributed by atoms with Crippen LogP contribution in [0, 0.1) is 5.92 Å². The molecule has 3 amide bonds. The fourth-order valence-electron chi connectivity index (χ4n) is 4.21. The summed E-state index contributed by atoms with van der Waals surface area (Å²) in [6.45, 7) is 2.46. The van der Waals surface area contributed by atoms with Crippen molar-refractivity contribution in [2.45, 2.75) is 44.8 Å². The van der Waals surface area contributed by atoms with Crippen LogP contribution in [0.5, 0.6) is 5.75 Å². The van der Waals surface area contributed by atoms with Gasteiger partial charge in [-0.2, -0.15) is 13.2 Å². The van der Waals surface area contributed by atoms with Gasteiger partial charge >= 0.3 is 6.18 Å². The zero-order chi connectivity index (χ0) is 33.1. The first-order valence-corrected chi connectivity index (χ1v) is 14.2. The van der Waals surface area contributed by atoms with E-state index < -0.39 is 53.7 Å². The summed E-state index contributed by atoms with van der Waals surface area (Å²) in [7, 11) is 1.42. The molecular formula is C32H33ClF3N3O6. The van der Waals surface area contributed by atoms with Crippen molar-refractivity contribution >= 4 is 35.1 Å². The van der Waals surface area contributed by atoms with Gasteiger partial charge in [-0.1, -0.05) is 74.0 Å². The van der Waals surface area contributed by atoms with Gasteiger partial charge in [0.05, 0.1) is 26.4 Å². The highest BCUT2D eigenvalue weighted by molar-refractivity contribution is 6.31. The third kappa shape index (κ3) is 10.3. The predicted molar refractivity (Wildman–Crippen MR) is 161 cm³/mol. The average Bonchev–Trinajstić information content (AvgIpc) is 3.01. The molecule has 0 aliphatic rings. The Morgan fingerprint density at radius 2 is 1.51 bits per heavy atom. The second-order valence-corrected chi connectivity index (χ2v) is 10.8. The highest BCUT2D eigenvalue weighted by Crippen LogP contribution is 2.23. The smallest absolute Gasteiger partial charge is 0.452 e. The molecule has 0 aliphatic carbocycles. The van der Waals surface area contributed by atoms with E-state index in [-0.39, 0.29) is 29.4 Å². The van der Waals surface area contributed by atoms with Gasteiger partial charge in [-0.15, -0.1) is 0 Å². The average molecular weight is 648 g/mol. The molecule has 0 spiro atoms. The van der Waals surface area contributed by atoms with Crippen molar-refractivity contribution in [2.24, 2.45) is 5.92 Å². The minimum Gasteiger partial charge on any atom is -0.497 e. The molecule has 0 bridgehead atoms. The maximum absolute atomic E-state index is 13.7. The number of carbonyl (C=O) groups excluding carboxylic acids is 4. The van der Waals surface area contributed by atoms with Crippen molar-refractivity contribution in [1.82, 2.24) is 16.0 Å². The fraction of sp³-hybridized carbons (Fsp3) is 0.312. The molecule has 9 nitrogen and oxygen atoms in total. The van der Waals surface area contributed by atoms with Crippen LogP contribution < -0.4 is 20.7 Å². The van der Waals surface area contributed by atoms with Crippen LogP contribution in [-0.4, -0.2) is 55.5 Å². The molecule has 0 aliphatic heterocycles.